The van der Waals surface area contributed by atoms with Crippen LogP contribution in [0.2, 0.25) is 5.02 Å². The van der Waals surface area contributed by atoms with Crippen LogP contribution in [0.5, 0.6) is 0 Å². The molecule has 0 saturated carbocycles. The average Bonchev–Trinajstić information content (AvgIpc) is 3.38. The number of amides is 1. The Morgan fingerprint density at radius 1 is 1.08 bits per heavy atom. The van der Waals surface area contributed by atoms with Crippen molar-refractivity contribution < 1.29 is 17.9 Å². The zero-order chi connectivity index (χ0) is 27.6. The second-order valence-corrected chi connectivity index (χ2v) is 13.7. The van der Waals surface area contributed by atoms with Gasteiger partial charge < -0.3 is 4.74 Å². The number of benzene rings is 2. The number of ether oxygens (including phenoxy) is 1. The summed E-state index contributed by atoms with van der Waals surface area (Å²) in [5.41, 5.74) is 3.26. The number of anilines is 1. The first-order valence-electron chi connectivity index (χ1n) is 13.5. The molecule has 39 heavy (non-hydrogen) atoms. The van der Waals surface area contributed by atoms with E-state index in [0.29, 0.717) is 37.5 Å². The number of hydrogen-bond donors (Lipinski definition) is 0. The Kier molecular flexibility index (Phi) is 8.90. The van der Waals surface area contributed by atoms with E-state index >= 15 is 0 Å². The molecule has 11 heteroatoms. The molecule has 0 N–H and O–H groups in total. The monoisotopic (exact) mass is 590 g/mol. The molecule has 1 aromatic heterocycles. The molecule has 0 radical (unpaired) electrons. The van der Waals surface area contributed by atoms with Gasteiger partial charge in [-0.15, -0.1) is 0 Å². The summed E-state index contributed by atoms with van der Waals surface area (Å²) in [7, 11) is -3.63. The topological polar surface area (TPSA) is 83.0 Å². The van der Waals surface area contributed by atoms with E-state index in [1.54, 1.807) is 23.5 Å². The van der Waals surface area contributed by atoms with Crippen LogP contribution in [0.4, 0.5) is 5.13 Å². The van der Waals surface area contributed by atoms with Crippen molar-refractivity contribution in [3.05, 3.63) is 52.5 Å². The molecule has 1 amide bonds. The number of aromatic nitrogens is 1. The van der Waals surface area contributed by atoms with E-state index in [1.807, 2.05) is 4.90 Å². The molecule has 0 unspecified atom stereocenters. The SMILES string of the molecule is Cc1ccc2sc(N(CCCN3CCOCC3)C(=O)C3CCN(S(=O)(=O)c4ccc(Cl)cc4)CC3)nc2c1C. The van der Waals surface area contributed by atoms with E-state index in [9.17, 15) is 13.2 Å². The standard InChI is InChI=1S/C28H35ClN4O4S2/c1-20-4-9-25-26(21(20)2)30-28(38-25)33(13-3-12-31-16-18-37-19-17-31)27(34)22-10-14-32(15-11-22)39(35,36)24-7-5-23(29)6-8-24/h4-9,22H,3,10-19H2,1-2H3. The molecule has 0 aliphatic carbocycles. The van der Waals surface area contributed by atoms with Gasteiger partial charge in [-0.1, -0.05) is 29.0 Å². The van der Waals surface area contributed by atoms with Crippen molar-refractivity contribution >= 4 is 54.2 Å². The Labute approximate surface area is 239 Å². The third-order valence-corrected chi connectivity index (χ3v) is 11.0. The lowest BCUT2D eigenvalue weighted by atomic mass is 9.96. The number of morpholine rings is 1. The van der Waals surface area contributed by atoms with E-state index in [4.69, 9.17) is 21.3 Å². The van der Waals surface area contributed by atoms with Gasteiger partial charge in [0, 0.05) is 50.2 Å². The van der Waals surface area contributed by atoms with Crippen LogP contribution >= 0.6 is 22.9 Å². The van der Waals surface area contributed by atoms with Crippen molar-refractivity contribution in [3.63, 3.8) is 0 Å². The van der Waals surface area contributed by atoms with Gasteiger partial charge in [0.25, 0.3) is 0 Å². The predicted molar refractivity (Wildman–Crippen MR) is 156 cm³/mol. The van der Waals surface area contributed by atoms with Gasteiger partial charge in [-0.05, 0) is 74.6 Å². The van der Waals surface area contributed by atoms with Crippen molar-refractivity contribution in [1.82, 2.24) is 14.2 Å². The highest BCUT2D eigenvalue weighted by Crippen LogP contribution is 2.34. The largest absolute Gasteiger partial charge is 0.379 e. The number of hydrogen-bond acceptors (Lipinski definition) is 7. The number of carbonyl (C=O) groups is 1. The van der Waals surface area contributed by atoms with Crippen LogP contribution in [-0.4, -0.2) is 81.0 Å². The molecule has 3 aromatic rings. The molecule has 2 saturated heterocycles. The number of piperidine rings is 1. The third-order valence-electron chi connectivity index (χ3n) is 7.78. The summed E-state index contributed by atoms with van der Waals surface area (Å²) in [5, 5.41) is 1.22. The quantitative estimate of drug-likeness (QED) is 0.377. The summed E-state index contributed by atoms with van der Waals surface area (Å²) in [6.07, 6.45) is 1.80. The summed E-state index contributed by atoms with van der Waals surface area (Å²) >= 11 is 7.49. The predicted octanol–water partition coefficient (Wildman–Crippen LogP) is 4.72. The van der Waals surface area contributed by atoms with E-state index in [-0.39, 0.29) is 16.7 Å². The molecule has 0 spiro atoms. The molecule has 2 aromatic carbocycles. The van der Waals surface area contributed by atoms with E-state index in [2.05, 4.69) is 30.9 Å². The van der Waals surface area contributed by atoms with Crippen molar-refractivity contribution in [3.8, 4) is 0 Å². The van der Waals surface area contributed by atoms with Gasteiger partial charge in [0.05, 0.1) is 28.3 Å². The van der Waals surface area contributed by atoms with Crippen LogP contribution in [0.3, 0.4) is 0 Å². The first kappa shape index (κ1) is 28.4. The summed E-state index contributed by atoms with van der Waals surface area (Å²) in [4.78, 5) is 23.3. The summed E-state index contributed by atoms with van der Waals surface area (Å²) in [6, 6.07) is 10.4. The molecule has 3 heterocycles. The second kappa shape index (κ2) is 12.2. The van der Waals surface area contributed by atoms with Crippen LogP contribution < -0.4 is 4.90 Å². The van der Waals surface area contributed by atoms with Crippen molar-refractivity contribution in [2.24, 2.45) is 5.92 Å². The molecule has 2 fully saturated rings. The van der Waals surface area contributed by atoms with Gasteiger partial charge in [0.15, 0.2) is 5.13 Å². The van der Waals surface area contributed by atoms with Crippen LogP contribution in [-0.2, 0) is 19.6 Å². The average molecular weight is 591 g/mol. The van der Waals surface area contributed by atoms with Gasteiger partial charge in [-0.25, -0.2) is 13.4 Å². The zero-order valence-electron chi connectivity index (χ0n) is 22.4. The Hall–Kier alpha value is -2.08. The normalized spacial score (nSPS) is 18.0. The molecule has 210 valence electrons. The summed E-state index contributed by atoms with van der Waals surface area (Å²) in [6.45, 7) is 9.55. The summed E-state index contributed by atoms with van der Waals surface area (Å²) in [5.74, 6) is -0.214. The fourth-order valence-electron chi connectivity index (χ4n) is 5.23. The lowest BCUT2D eigenvalue weighted by Crippen LogP contribution is -2.45. The summed E-state index contributed by atoms with van der Waals surface area (Å²) < 4.78 is 34.3. The number of rotatable bonds is 8. The van der Waals surface area contributed by atoms with Gasteiger partial charge in [-0.2, -0.15) is 4.31 Å². The molecule has 2 aliphatic heterocycles. The maximum atomic E-state index is 13.9. The fraction of sp³-hybridized carbons (Fsp3) is 0.500. The van der Waals surface area contributed by atoms with Gasteiger partial charge in [0.2, 0.25) is 15.9 Å². The number of aryl methyl sites for hydroxylation is 2. The number of fused-ring (bicyclic) bond motifs is 1. The van der Waals surface area contributed by atoms with Crippen molar-refractivity contribution in [2.45, 2.75) is 38.0 Å². The lowest BCUT2D eigenvalue weighted by Gasteiger charge is -2.33. The molecular formula is C28H35ClN4O4S2. The Morgan fingerprint density at radius 3 is 2.46 bits per heavy atom. The molecule has 2 aliphatic rings. The smallest absolute Gasteiger partial charge is 0.243 e. The van der Waals surface area contributed by atoms with E-state index in [1.165, 1.54) is 22.0 Å². The van der Waals surface area contributed by atoms with Gasteiger partial charge in [0.1, 0.15) is 0 Å². The molecule has 0 bridgehead atoms. The maximum absolute atomic E-state index is 13.9. The lowest BCUT2D eigenvalue weighted by molar-refractivity contribution is -0.123. The first-order chi connectivity index (χ1) is 18.7. The Morgan fingerprint density at radius 2 is 1.77 bits per heavy atom. The highest BCUT2D eigenvalue weighted by atomic mass is 35.5. The highest BCUT2D eigenvalue weighted by molar-refractivity contribution is 7.89. The van der Waals surface area contributed by atoms with Crippen molar-refractivity contribution in [2.75, 3.05) is 57.4 Å². The highest BCUT2D eigenvalue weighted by Gasteiger charge is 2.35. The number of thiazole rings is 1. The number of sulfonamides is 1. The van der Waals surface area contributed by atoms with Crippen molar-refractivity contribution in [1.29, 1.82) is 0 Å². The van der Waals surface area contributed by atoms with E-state index < -0.39 is 10.0 Å². The number of carbonyl (C=O) groups excluding carboxylic acids is 1. The minimum atomic E-state index is -3.63. The Bertz CT molecular complexity index is 1410. The van der Waals surface area contributed by atoms with Crippen LogP contribution in [0.15, 0.2) is 41.3 Å². The van der Waals surface area contributed by atoms with Gasteiger partial charge in [-0.3, -0.25) is 14.6 Å². The molecule has 5 rings (SSSR count). The van der Waals surface area contributed by atoms with Crippen LogP contribution in [0.1, 0.15) is 30.4 Å². The van der Waals surface area contributed by atoms with Crippen LogP contribution in [0, 0.1) is 19.8 Å². The minimum absolute atomic E-state index is 0.0361. The van der Waals surface area contributed by atoms with Crippen LogP contribution in [0.25, 0.3) is 10.2 Å². The second-order valence-electron chi connectivity index (χ2n) is 10.3. The zero-order valence-corrected chi connectivity index (χ0v) is 24.8. The van der Waals surface area contributed by atoms with Gasteiger partial charge >= 0.3 is 0 Å². The number of nitrogens with zero attached hydrogens (tertiary/aromatic N) is 4. The molecule has 0 atom stereocenters. The third kappa shape index (κ3) is 6.31. The maximum Gasteiger partial charge on any atom is 0.243 e. The fourth-order valence-corrected chi connectivity index (χ4v) is 7.88. The van der Waals surface area contributed by atoms with E-state index in [0.717, 1.165) is 60.2 Å². The minimum Gasteiger partial charge on any atom is -0.379 e. The number of halogens is 1. The first-order valence-corrected chi connectivity index (χ1v) is 16.1. The Balaban J connectivity index is 1.31. The molecule has 8 nitrogen and oxygen atoms in total. The molecular weight excluding hydrogens is 556 g/mol.